The summed E-state index contributed by atoms with van der Waals surface area (Å²) >= 11 is 0. The predicted octanol–water partition coefficient (Wildman–Crippen LogP) is -0.263. The van der Waals surface area contributed by atoms with E-state index < -0.39 is 0 Å². The highest BCUT2D eigenvalue weighted by atomic mass is 16.2. The molecule has 1 fully saturated rings. The maximum absolute atomic E-state index is 11.9. The average molecular weight is 318 g/mol. The largest absolute Gasteiger partial charge is 0.369 e. The second-order valence-electron chi connectivity index (χ2n) is 5.63. The maximum Gasteiger partial charge on any atom is 0.251 e. The molecule has 7 heteroatoms. The van der Waals surface area contributed by atoms with Gasteiger partial charge in [0, 0.05) is 39.2 Å². The van der Waals surface area contributed by atoms with Crippen LogP contribution in [0.15, 0.2) is 24.3 Å². The van der Waals surface area contributed by atoms with Gasteiger partial charge < -0.3 is 16.0 Å². The van der Waals surface area contributed by atoms with Gasteiger partial charge in [-0.3, -0.25) is 19.3 Å². The Hall–Kier alpha value is -2.41. The molecule has 23 heavy (non-hydrogen) atoms. The van der Waals surface area contributed by atoms with Crippen LogP contribution >= 0.6 is 0 Å². The van der Waals surface area contributed by atoms with E-state index in [0.717, 1.165) is 5.56 Å². The molecule has 0 unspecified atom stereocenters. The summed E-state index contributed by atoms with van der Waals surface area (Å²) in [7, 11) is 1.58. The smallest absolute Gasteiger partial charge is 0.251 e. The number of carbonyl (C=O) groups excluding carboxylic acids is 3. The summed E-state index contributed by atoms with van der Waals surface area (Å²) in [6.07, 6.45) is 0. The van der Waals surface area contributed by atoms with Crippen molar-refractivity contribution in [1.29, 1.82) is 0 Å². The van der Waals surface area contributed by atoms with E-state index in [2.05, 4.69) is 5.32 Å². The van der Waals surface area contributed by atoms with Gasteiger partial charge in [-0.1, -0.05) is 12.1 Å². The van der Waals surface area contributed by atoms with E-state index >= 15 is 0 Å². The normalized spacial score (nSPS) is 18.5. The zero-order valence-electron chi connectivity index (χ0n) is 13.4. The van der Waals surface area contributed by atoms with Crippen molar-refractivity contribution in [3.63, 3.8) is 0 Å². The first-order valence-corrected chi connectivity index (χ1v) is 7.52. The molecule has 0 bridgehead atoms. The topological polar surface area (TPSA) is 95.7 Å². The molecule has 3 amide bonds. The van der Waals surface area contributed by atoms with Gasteiger partial charge in [-0.05, 0) is 17.7 Å². The summed E-state index contributed by atoms with van der Waals surface area (Å²) in [6.45, 7) is 3.34. The van der Waals surface area contributed by atoms with Gasteiger partial charge in [0.25, 0.3) is 5.91 Å². The lowest BCUT2D eigenvalue weighted by molar-refractivity contribution is -0.134. The Kier molecular flexibility index (Phi) is 5.33. The van der Waals surface area contributed by atoms with E-state index in [0.29, 0.717) is 25.2 Å². The van der Waals surface area contributed by atoms with Crippen molar-refractivity contribution in [3.8, 4) is 0 Å². The summed E-state index contributed by atoms with van der Waals surface area (Å²) in [5.74, 6) is -0.593. The highest BCUT2D eigenvalue weighted by Crippen LogP contribution is 2.26. The highest BCUT2D eigenvalue weighted by molar-refractivity contribution is 5.94. The van der Waals surface area contributed by atoms with Crippen LogP contribution in [0, 0.1) is 0 Å². The van der Waals surface area contributed by atoms with E-state index in [4.69, 9.17) is 5.73 Å². The monoisotopic (exact) mass is 318 g/mol. The molecule has 1 atom stereocenters. The Labute approximate surface area is 135 Å². The van der Waals surface area contributed by atoms with Crippen LogP contribution in [0.2, 0.25) is 0 Å². The summed E-state index contributed by atoms with van der Waals surface area (Å²) in [5, 5.41) is 2.59. The van der Waals surface area contributed by atoms with Crippen LogP contribution < -0.4 is 11.1 Å². The van der Waals surface area contributed by atoms with Gasteiger partial charge in [0.2, 0.25) is 11.8 Å². The van der Waals surface area contributed by atoms with Crippen LogP contribution in [0.1, 0.15) is 28.9 Å². The van der Waals surface area contributed by atoms with Crippen LogP contribution in [0.25, 0.3) is 0 Å². The Morgan fingerprint density at radius 2 is 2.04 bits per heavy atom. The molecule has 1 saturated heterocycles. The average Bonchev–Trinajstić information content (AvgIpc) is 2.53. The lowest BCUT2D eigenvalue weighted by atomic mass is 9.99. The van der Waals surface area contributed by atoms with Crippen LogP contribution in [0.3, 0.4) is 0 Å². The zero-order valence-corrected chi connectivity index (χ0v) is 13.4. The van der Waals surface area contributed by atoms with Gasteiger partial charge in [0.1, 0.15) is 0 Å². The standard InChI is InChI=1S/C16H22N4O3/c1-11(21)20-7-6-19(10-15(17)22)9-14(20)12-4-3-5-13(8-12)16(23)18-2/h3-5,8,14H,6-7,9-10H2,1-2H3,(H2,17,22)(H,18,23)/t14-/m1/s1. The molecule has 2 rings (SSSR count). The molecule has 3 N–H and O–H groups in total. The first-order chi connectivity index (χ1) is 10.9. The number of hydrogen-bond acceptors (Lipinski definition) is 4. The van der Waals surface area contributed by atoms with Gasteiger partial charge in [0.15, 0.2) is 0 Å². The number of amides is 3. The molecule has 0 aliphatic carbocycles. The lowest BCUT2D eigenvalue weighted by Crippen LogP contribution is -2.51. The summed E-state index contributed by atoms with van der Waals surface area (Å²) in [6, 6.07) is 6.99. The third-order valence-corrected chi connectivity index (χ3v) is 4.01. The van der Waals surface area contributed by atoms with Crippen molar-refractivity contribution in [2.24, 2.45) is 5.73 Å². The predicted molar refractivity (Wildman–Crippen MR) is 85.6 cm³/mol. The number of primary amides is 1. The second-order valence-corrected chi connectivity index (χ2v) is 5.63. The molecule has 0 aromatic heterocycles. The molecule has 0 radical (unpaired) electrons. The minimum Gasteiger partial charge on any atom is -0.369 e. The molecule has 0 spiro atoms. The number of rotatable bonds is 4. The molecule has 1 aromatic carbocycles. The van der Waals surface area contributed by atoms with Gasteiger partial charge in [0.05, 0.1) is 12.6 Å². The number of nitrogens with two attached hydrogens (primary N) is 1. The quantitative estimate of drug-likeness (QED) is 0.799. The minimum absolute atomic E-state index is 0.0286. The molecular weight excluding hydrogens is 296 g/mol. The lowest BCUT2D eigenvalue weighted by Gasteiger charge is -2.41. The molecule has 0 saturated carbocycles. The Balaban J connectivity index is 2.29. The first-order valence-electron chi connectivity index (χ1n) is 7.52. The third kappa shape index (κ3) is 4.07. The van der Waals surface area contributed by atoms with Gasteiger partial charge in [-0.2, -0.15) is 0 Å². The fraction of sp³-hybridized carbons (Fsp3) is 0.438. The zero-order chi connectivity index (χ0) is 17.0. The number of hydrogen-bond donors (Lipinski definition) is 2. The van der Waals surface area contributed by atoms with Gasteiger partial charge in [-0.15, -0.1) is 0 Å². The fourth-order valence-electron chi connectivity index (χ4n) is 2.90. The van der Waals surface area contributed by atoms with Crippen LogP contribution in [0.4, 0.5) is 0 Å². The molecule has 1 aliphatic heterocycles. The van der Waals surface area contributed by atoms with Crippen molar-refractivity contribution in [2.75, 3.05) is 33.2 Å². The van der Waals surface area contributed by atoms with Crippen LogP contribution in [0.5, 0.6) is 0 Å². The summed E-state index contributed by atoms with van der Waals surface area (Å²) in [4.78, 5) is 38.6. The summed E-state index contributed by atoms with van der Waals surface area (Å²) in [5.41, 5.74) is 6.68. The fourth-order valence-corrected chi connectivity index (χ4v) is 2.90. The molecule has 1 aliphatic rings. The van der Waals surface area contributed by atoms with Crippen molar-refractivity contribution >= 4 is 17.7 Å². The van der Waals surface area contributed by atoms with E-state index in [1.165, 1.54) is 6.92 Å². The molecule has 7 nitrogen and oxygen atoms in total. The number of piperazine rings is 1. The summed E-state index contributed by atoms with van der Waals surface area (Å²) < 4.78 is 0. The molecule has 1 aromatic rings. The Morgan fingerprint density at radius 3 is 2.65 bits per heavy atom. The van der Waals surface area contributed by atoms with Gasteiger partial charge >= 0.3 is 0 Å². The van der Waals surface area contributed by atoms with E-state index in [1.807, 2.05) is 11.0 Å². The van der Waals surface area contributed by atoms with Crippen molar-refractivity contribution < 1.29 is 14.4 Å². The number of nitrogens with one attached hydrogen (secondary N) is 1. The highest BCUT2D eigenvalue weighted by Gasteiger charge is 2.30. The Morgan fingerprint density at radius 1 is 1.30 bits per heavy atom. The SMILES string of the molecule is CNC(=O)c1cccc([C@H]2CN(CC(N)=O)CCN2C(C)=O)c1. The number of carbonyl (C=O) groups is 3. The van der Waals surface area contributed by atoms with Gasteiger partial charge in [-0.25, -0.2) is 0 Å². The van der Waals surface area contributed by atoms with Crippen molar-refractivity contribution in [1.82, 2.24) is 15.1 Å². The first kappa shape index (κ1) is 17.0. The van der Waals surface area contributed by atoms with E-state index in [-0.39, 0.29) is 30.3 Å². The molecule has 1 heterocycles. The molecule has 124 valence electrons. The second kappa shape index (κ2) is 7.23. The number of nitrogens with zero attached hydrogens (tertiary/aromatic N) is 2. The van der Waals surface area contributed by atoms with Crippen molar-refractivity contribution in [2.45, 2.75) is 13.0 Å². The third-order valence-electron chi connectivity index (χ3n) is 4.01. The Bertz CT molecular complexity index is 617. The van der Waals surface area contributed by atoms with Crippen LogP contribution in [-0.2, 0) is 9.59 Å². The van der Waals surface area contributed by atoms with Crippen LogP contribution in [-0.4, -0.2) is 60.7 Å². The maximum atomic E-state index is 11.9. The van der Waals surface area contributed by atoms with E-state index in [9.17, 15) is 14.4 Å². The van der Waals surface area contributed by atoms with Crippen molar-refractivity contribution in [3.05, 3.63) is 35.4 Å². The number of benzene rings is 1. The minimum atomic E-state index is -0.390. The van der Waals surface area contributed by atoms with E-state index in [1.54, 1.807) is 30.1 Å². The molecular formula is C16H22N4O3.